The summed E-state index contributed by atoms with van der Waals surface area (Å²) in [7, 11) is 0. The van der Waals surface area contributed by atoms with Gasteiger partial charge in [-0.2, -0.15) is 57.1 Å². The van der Waals surface area contributed by atoms with Gasteiger partial charge < -0.3 is 14.6 Å². The maximum Gasteiger partial charge on any atom is 0.449 e. The Morgan fingerprint density at radius 1 is 0.917 bits per heavy atom. The van der Waals surface area contributed by atoms with E-state index in [9.17, 15) is 49.4 Å². The molecule has 1 aliphatic carbocycles. The maximum atomic E-state index is 15.9. The molecule has 0 aromatic heterocycles. The molecule has 1 saturated heterocycles. The Morgan fingerprint density at radius 3 is 1.75 bits per heavy atom. The van der Waals surface area contributed by atoms with Crippen LogP contribution >= 0.6 is 0 Å². The molecule has 1 aliphatic heterocycles. The Balaban J connectivity index is 3.07. The first-order valence-electron chi connectivity index (χ1n) is 10.2. The van der Waals surface area contributed by atoms with Crippen molar-refractivity contribution in [3.05, 3.63) is 12.2 Å². The average Bonchev–Trinajstić information content (AvgIpc) is 2.71. The fourth-order valence-corrected chi connectivity index (χ4v) is 4.65. The number of hydrogen-bond donors (Lipinski definition) is 1. The molecule has 3 atom stereocenters. The zero-order valence-electron chi connectivity index (χ0n) is 18.1. The summed E-state index contributed by atoms with van der Waals surface area (Å²) in [5, 5.41) is 9.91. The van der Waals surface area contributed by atoms with E-state index in [-0.39, 0.29) is 26.2 Å². The van der Waals surface area contributed by atoms with Crippen LogP contribution in [0, 0.1) is 5.92 Å². The van der Waals surface area contributed by atoms with Gasteiger partial charge >= 0.3 is 42.1 Å². The molecule has 4 nitrogen and oxygen atoms in total. The molecule has 3 unspecified atom stereocenters. The van der Waals surface area contributed by atoms with Crippen LogP contribution in [0.4, 0.5) is 57.1 Å². The molecule has 0 aromatic rings. The molecule has 0 spiro atoms. The Kier molecular flexibility index (Phi) is 7.30. The van der Waals surface area contributed by atoms with Gasteiger partial charge in [-0.3, -0.25) is 0 Å². The summed E-state index contributed by atoms with van der Waals surface area (Å²) in [5.74, 6) is -25.3. The highest BCUT2D eigenvalue weighted by atomic mass is 19.4. The van der Waals surface area contributed by atoms with E-state index < -0.39 is 84.1 Å². The molecule has 1 heterocycles. The molecule has 0 bridgehead atoms. The molecule has 1 saturated carbocycles. The van der Waals surface area contributed by atoms with Crippen molar-refractivity contribution in [2.24, 2.45) is 5.92 Å². The molecule has 2 aliphatic rings. The lowest BCUT2D eigenvalue weighted by atomic mass is 9.61. The zero-order chi connectivity index (χ0) is 28.4. The number of carbonyl (C=O) groups excluding carboxylic acids is 1. The highest BCUT2D eigenvalue weighted by Crippen LogP contribution is 2.70. The minimum atomic E-state index is -6.94. The van der Waals surface area contributed by atoms with Crippen LogP contribution in [-0.2, 0) is 14.3 Å². The second kappa shape index (κ2) is 8.63. The van der Waals surface area contributed by atoms with Crippen LogP contribution in [0.25, 0.3) is 0 Å². The monoisotopic (exact) mass is 558 g/mol. The summed E-state index contributed by atoms with van der Waals surface area (Å²) >= 11 is 0. The third-order valence-corrected chi connectivity index (χ3v) is 6.55. The van der Waals surface area contributed by atoms with Gasteiger partial charge in [-0.15, -0.1) is 0 Å². The van der Waals surface area contributed by atoms with Gasteiger partial charge in [0.15, 0.2) is 0 Å². The number of rotatable bonds is 4. The third kappa shape index (κ3) is 3.86. The molecule has 17 heteroatoms. The topological polar surface area (TPSA) is 55.8 Å². The number of esters is 1. The van der Waals surface area contributed by atoms with Crippen LogP contribution in [0.1, 0.15) is 45.4 Å². The fraction of sp³-hybridized carbons (Fsp3) is 0.842. The third-order valence-electron chi connectivity index (χ3n) is 6.55. The quantitative estimate of drug-likeness (QED) is 0.253. The van der Waals surface area contributed by atoms with Crippen LogP contribution in [0.15, 0.2) is 12.2 Å². The number of carbonyl (C=O) groups is 1. The number of aliphatic hydroxyl groups is 1. The maximum absolute atomic E-state index is 15.9. The van der Waals surface area contributed by atoms with E-state index in [1.807, 2.05) is 0 Å². The van der Waals surface area contributed by atoms with E-state index in [0.29, 0.717) is 0 Å². The van der Waals surface area contributed by atoms with Crippen LogP contribution in [0.5, 0.6) is 0 Å². The first kappa shape index (κ1) is 30.4. The van der Waals surface area contributed by atoms with E-state index in [0.717, 1.165) is 0 Å². The van der Waals surface area contributed by atoms with Crippen molar-refractivity contribution >= 4 is 5.97 Å². The Bertz CT molecular complexity index is 872. The fourth-order valence-electron chi connectivity index (χ4n) is 4.65. The van der Waals surface area contributed by atoms with Crippen molar-refractivity contribution in [3.8, 4) is 0 Å². The summed E-state index contributed by atoms with van der Waals surface area (Å²) < 4.78 is 192. The highest BCUT2D eigenvalue weighted by molar-refractivity contribution is 5.89. The van der Waals surface area contributed by atoms with Crippen LogP contribution in [0.2, 0.25) is 0 Å². The number of ether oxygens (including phenoxy) is 2. The first-order chi connectivity index (χ1) is 15.9. The normalized spacial score (nSPS) is 33.8. The molecule has 210 valence electrons. The predicted octanol–water partition coefficient (Wildman–Crippen LogP) is 6.23. The van der Waals surface area contributed by atoms with Crippen molar-refractivity contribution < 1.29 is 76.5 Å². The first-order valence-corrected chi connectivity index (χ1v) is 10.2. The summed E-state index contributed by atoms with van der Waals surface area (Å²) in [6.07, 6.45) is -24.3. The molecular formula is C19H19F13O4. The summed E-state index contributed by atoms with van der Waals surface area (Å²) in [5.41, 5.74) is -13.9. The number of hydrogen-bond acceptors (Lipinski definition) is 4. The van der Waals surface area contributed by atoms with E-state index in [2.05, 4.69) is 16.1 Å². The van der Waals surface area contributed by atoms with Crippen LogP contribution < -0.4 is 0 Å². The minimum Gasteiger partial charge on any atom is -0.442 e. The predicted molar refractivity (Wildman–Crippen MR) is 91.7 cm³/mol. The van der Waals surface area contributed by atoms with E-state index in [4.69, 9.17) is 0 Å². The second-order valence-corrected chi connectivity index (χ2v) is 8.51. The molecule has 2 fully saturated rings. The highest BCUT2D eigenvalue weighted by Gasteiger charge is 2.97. The van der Waals surface area contributed by atoms with Crippen molar-refractivity contribution in [2.75, 3.05) is 0 Å². The summed E-state index contributed by atoms with van der Waals surface area (Å²) in [4.78, 5) is 12.1. The lowest BCUT2D eigenvalue weighted by molar-refractivity contribution is -0.563. The molecule has 0 aromatic carbocycles. The van der Waals surface area contributed by atoms with Crippen molar-refractivity contribution in [1.82, 2.24) is 0 Å². The average molecular weight is 558 g/mol. The van der Waals surface area contributed by atoms with Gasteiger partial charge in [0.25, 0.3) is 5.60 Å². The van der Waals surface area contributed by atoms with Gasteiger partial charge in [0, 0.05) is 5.92 Å². The molecule has 0 amide bonds. The van der Waals surface area contributed by atoms with Crippen LogP contribution in [-0.4, -0.2) is 58.4 Å². The Morgan fingerprint density at radius 2 is 1.39 bits per heavy atom. The Labute approximate surface area is 194 Å². The standard InChI is InChI=1S/C19H19F13O4/c1-3-12(18(27,28)29)15(23,24)13(10-7-5-4-6-8-10,35-11(33)9(2)14(20,21)22)16(25,26)17(34,36-12)19(30,31)32/h10,34H,2-8H2,1H3. The van der Waals surface area contributed by atoms with Gasteiger partial charge in [0.05, 0.1) is 0 Å². The van der Waals surface area contributed by atoms with Crippen molar-refractivity contribution in [3.63, 3.8) is 0 Å². The van der Waals surface area contributed by atoms with Crippen LogP contribution in [0.3, 0.4) is 0 Å². The van der Waals surface area contributed by atoms with E-state index in [1.54, 1.807) is 0 Å². The Hall–Kier alpha value is -1.78. The molecule has 36 heavy (non-hydrogen) atoms. The van der Waals surface area contributed by atoms with Gasteiger partial charge in [-0.1, -0.05) is 32.8 Å². The summed E-state index contributed by atoms with van der Waals surface area (Å²) in [6.45, 7) is 2.28. The van der Waals surface area contributed by atoms with Crippen molar-refractivity contribution in [1.29, 1.82) is 0 Å². The van der Waals surface area contributed by atoms with Gasteiger partial charge in [-0.25, -0.2) is 4.79 Å². The van der Waals surface area contributed by atoms with Gasteiger partial charge in [0.2, 0.25) is 5.60 Å². The lowest BCUT2D eigenvalue weighted by Crippen LogP contribution is -2.89. The van der Waals surface area contributed by atoms with E-state index >= 15 is 17.6 Å². The zero-order valence-corrected chi connectivity index (χ0v) is 18.1. The summed E-state index contributed by atoms with van der Waals surface area (Å²) in [6, 6.07) is 0. The molecule has 0 radical (unpaired) electrons. The van der Waals surface area contributed by atoms with Gasteiger partial charge in [0.1, 0.15) is 5.57 Å². The SMILES string of the molecule is C=C(C(=O)OC1(C2CCCCC2)C(F)(F)C(O)(C(F)(F)F)OC(CC)(C(F)(F)F)C1(F)F)C(F)(F)F. The molecule has 1 N–H and O–H groups in total. The lowest BCUT2D eigenvalue weighted by Gasteiger charge is -2.62. The second-order valence-electron chi connectivity index (χ2n) is 8.51. The van der Waals surface area contributed by atoms with E-state index in [1.165, 1.54) is 0 Å². The molecule has 2 rings (SSSR count). The minimum absolute atomic E-state index is 0.0746. The number of halogens is 13. The largest absolute Gasteiger partial charge is 0.449 e. The molecular weight excluding hydrogens is 539 g/mol. The smallest absolute Gasteiger partial charge is 0.442 e. The number of alkyl halides is 13. The van der Waals surface area contributed by atoms with Crippen molar-refractivity contribution in [2.45, 2.75) is 92.8 Å². The van der Waals surface area contributed by atoms with Gasteiger partial charge in [-0.05, 0) is 19.3 Å².